The predicted molar refractivity (Wildman–Crippen MR) is 65.8 cm³/mol. The summed E-state index contributed by atoms with van der Waals surface area (Å²) in [4.78, 5) is 23.5. The van der Waals surface area contributed by atoms with E-state index >= 15 is 0 Å². The van der Waals surface area contributed by atoms with E-state index in [9.17, 15) is 9.59 Å². The molecule has 1 aliphatic carbocycles. The Labute approximate surface area is 103 Å². The number of carbonyl (C=O) groups excluding carboxylic acids is 2. The number of rotatable bonds is 3. The molecule has 1 saturated carbocycles. The molecule has 17 heavy (non-hydrogen) atoms. The number of nitrogens with one attached hydrogen (secondary N) is 1. The minimum Gasteiger partial charge on any atom is -0.444 e. The van der Waals surface area contributed by atoms with E-state index < -0.39 is 17.7 Å². The van der Waals surface area contributed by atoms with Gasteiger partial charge in [-0.1, -0.05) is 12.8 Å². The lowest BCUT2D eigenvalue weighted by atomic mass is 9.98. The van der Waals surface area contributed by atoms with Crippen LogP contribution in [-0.4, -0.2) is 23.5 Å². The van der Waals surface area contributed by atoms with Crippen molar-refractivity contribution in [2.24, 2.45) is 5.92 Å². The van der Waals surface area contributed by atoms with Gasteiger partial charge in [-0.3, -0.25) is 4.79 Å². The van der Waals surface area contributed by atoms with Crippen LogP contribution in [0.2, 0.25) is 0 Å². The van der Waals surface area contributed by atoms with Gasteiger partial charge < -0.3 is 10.1 Å². The van der Waals surface area contributed by atoms with Gasteiger partial charge in [-0.05, 0) is 40.5 Å². The Bertz CT molecular complexity index is 288. The zero-order valence-electron chi connectivity index (χ0n) is 11.2. The molecular formula is C13H23NO3. The molecule has 1 aliphatic rings. The number of amides is 1. The van der Waals surface area contributed by atoms with Crippen molar-refractivity contribution in [3.63, 3.8) is 0 Å². The number of hydrogen-bond donors (Lipinski definition) is 1. The zero-order valence-corrected chi connectivity index (χ0v) is 11.2. The highest BCUT2D eigenvalue weighted by molar-refractivity contribution is 5.89. The van der Waals surface area contributed by atoms with Crippen molar-refractivity contribution in [3.8, 4) is 0 Å². The minimum atomic E-state index is -0.528. The largest absolute Gasteiger partial charge is 0.444 e. The average molecular weight is 241 g/mol. The molecule has 1 unspecified atom stereocenters. The van der Waals surface area contributed by atoms with Crippen LogP contribution in [0.4, 0.5) is 4.79 Å². The Kier molecular flexibility index (Phi) is 4.54. The Balaban J connectivity index is 2.40. The van der Waals surface area contributed by atoms with Gasteiger partial charge in [-0.25, -0.2) is 4.79 Å². The lowest BCUT2D eigenvalue weighted by Gasteiger charge is -2.22. The van der Waals surface area contributed by atoms with Crippen molar-refractivity contribution in [2.45, 2.75) is 65.0 Å². The van der Waals surface area contributed by atoms with Gasteiger partial charge in [0.25, 0.3) is 0 Å². The van der Waals surface area contributed by atoms with Gasteiger partial charge >= 0.3 is 6.09 Å². The molecule has 1 amide bonds. The maximum atomic E-state index is 12.0. The van der Waals surface area contributed by atoms with E-state index in [0.717, 1.165) is 25.7 Å². The Hall–Kier alpha value is -1.06. The summed E-state index contributed by atoms with van der Waals surface area (Å²) in [5.41, 5.74) is -0.528. The third kappa shape index (κ3) is 4.75. The Morgan fingerprint density at radius 3 is 2.24 bits per heavy atom. The maximum Gasteiger partial charge on any atom is 0.408 e. The molecule has 0 aromatic heterocycles. The zero-order chi connectivity index (χ0) is 13.1. The monoisotopic (exact) mass is 241 g/mol. The molecule has 0 aliphatic heterocycles. The summed E-state index contributed by atoms with van der Waals surface area (Å²) in [7, 11) is 0. The second-order valence-corrected chi connectivity index (χ2v) is 5.75. The van der Waals surface area contributed by atoms with E-state index in [1.54, 1.807) is 27.7 Å². The lowest BCUT2D eigenvalue weighted by Crippen LogP contribution is -2.43. The van der Waals surface area contributed by atoms with Crippen LogP contribution in [0.3, 0.4) is 0 Å². The molecule has 1 N–H and O–H groups in total. The summed E-state index contributed by atoms with van der Waals surface area (Å²) in [6.07, 6.45) is 3.64. The molecule has 0 heterocycles. The highest BCUT2D eigenvalue weighted by atomic mass is 16.6. The van der Waals surface area contributed by atoms with Crippen LogP contribution in [-0.2, 0) is 9.53 Å². The number of ketones is 1. The first kappa shape index (κ1) is 14.0. The summed E-state index contributed by atoms with van der Waals surface area (Å²) in [6.45, 7) is 7.13. The van der Waals surface area contributed by atoms with Crippen LogP contribution in [0.5, 0.6) is 0 Å². The van der Waals surface area contributed by atoms with E-state index in [1.165, 1.54) is 0 Å². The van der Waals surface area contributed by atoms with Crippen LogP contribution in [0.15, 0.2) is 0 Å². The quantitative estimate of drug-likeness (QED) is 0.826. The second-order valence-electron chi connectivity index (χ2n) is 5.75. The van der Waals surface area contributed by atoms with Crippen LogP contribution in [0.1, 0.15) is 53.4 Å². The van der Waals surface area contributed by atoms with Gasteiger partial charge in [-0.15, -0.1) is 0 Å². The van der Waals surface area contributed by atoms with Crippen molar-refractivity contribution in [2.75, 3.05) is 0 Å². The van der Waals surface area contributed by atoms with Gasteiger partial charge in [0.05, 0.1) is 6.04 Å². The van der Waals surface area contributed by atoms with Crippen LogP contribution < -0.4 is 5.32 Å². The molecule has 4 nitrogen and oxygen atoms in total. The molecule has 4 heteroatoms. The van der Waals surface area contributed by atoms with E-state index in [2.05, 4.69) is 5.32 Å². The molecule has 0 bridgehead atoms. The van der Waals surface area contributed by atoms with Gasteiger partial charge in [0.15, 0.2) is 5.78 Å². The number of hydrogen-bond acceptors (Lipinski definition) is 3. The van der Waals surface area contributed by atoms with Crippen molar-refractivity contribution < 1.29 is 14.3 Å². The molecule has 1 rings (SSSR count). The molecular weight excluding hydrogens is 218 g/mol. The van der Waals surface area contributed by atoms with E-state index in [4.69, 9.17) is 4.74 Å². The maximum absolute atomic E-state index is 12.0. The second kappa shape index (κ2) is 5.52. The molecule has 0 saturated heterocycles. The number of carbonyl (C=O) groups is 2. The molecule has 0 aromatic rings. The van der Waals surface area contributed by atoms with E-state index in [0.29, 0.717) is 0 Å². The first-order valence-corrected chi connectivity index (χ1v) is 6.33. The number of Topliss-reactive ketones (excluding diaryl/α,β-unsaturated/α-hetero) is 1. The molecule has 0 aromatic carbocycles. The summed E-state index contributed by atoms with van der Waals surface area (Å²) < 4.78 is 5.12. The highest BCUT2D eigenvalue weighted by Gasteiger charge is 2.28. The first-order valence-electron chi connectivity index (χ1n) is 6.33. The van der Waals surface area contributed by atoms with Crippen LogP contribution in [0, 0.1) is 5.92 Å². The Morgan fingerprint density at radius 2 is 1.76 bits per heavy atom. The van der Waals surface area contributed by atoms with E-state index in [-0.39, 0.29) is 11.7 Å². The SMILES string of the molecule is CC(NC(=O)OC(C)(C)C)C(=O)C1CCCC1. The van der Waals surface area contributed by atoms with Gasteiger partial charge in [0.1, 0.15) is 5.60 Å². The summed E-state index contributed by atoms with van der Waals surface area (Å²) in [5.74, 6) is 0.258. The normalized spacial score (nSPS) is 18.8. The van der Waals surface area contributed by atoms with Gasteiger partial charge in [0.2, 0.25) is 0 Å². The minimum absolute atomic E-state index is 0.125. The van der Waals surface area contributed by atoms with Gasteiger partial charge in [0, 0.05) is 5.92 Å². The predicted octanol–water partition coefficient (Wildman–Crippen LogP) is 2.66. The summed E-state index contributed by atoms with van der Waals surface area (Å²) in [5, 5.41) is 2.60. The van der Waals surface area contributed by atoms with Crippen LogP contribution in [0.25, 0.3) is 0 Å². The smallest absolute Gasteiger partial charge is 0.408 e. The van der Waals surface area contributed by atoms with Crippen molar-refractivity contribution in [1.29, 1.82) is 0 Å². The molecule has 0 radical (unpaired) electrons. The topological polar surface area (TPSA) is 55.4 Å². The summed E-state index contributed by atoms with van der Waals surface area (Å²) in [6, 6.07) is -0.451. The summed E-state index contributed by atoms with van der Waals surface area (Å²) >= 11 is 0. The van der Waals surface area contributed by atoms with Crippen LogP contribution >= 0.6 is 0 Å². The standard InChI is InChI=1S/C13H23NO3/c1-9(11(15)10-7-5-6-8-10)14-12(16)17-13(2,3)4/h9-10H,5-8H2,1-4H3,(H,14,16). The first-order chi connectivity index (χ1) is 7.79. The number of ether oxygens (including phenoxy) is 1. The molecule has 0 spiro atoms. The van der Waals surface area contributed by atoms with Crippen molar-refractivity contribution in [3.05, 3.63) is 0 Å². The van der Waals surface area contributed by atoms with Crippen molar-refractivity contribution >= 4 is 11.9 Å². The fraction of sp³-hybridized carbons (Fsp3) is 0.846. The van der Waals surface area contributed by atoms with E-state index in [1.807, 2.05) is 0 Å². The third-order valence-corrected chi connectivity index (χ3v) is 2.92. The molecule has 1 fully saturated rings. The van der Waals surface area contributed by atoms with Crippen molar-refractivity contribution in [1.82, 2.24) is 5.32 Å². The highest BCUT2D eigenvalue weighted by Crippen LogP contribution is 2.26. The molecule has 98 valence electrons. The molecule has 1 atom stereocenters. The van der Waals surface area contributed by atoms with Gasteiger partial charge in [-0.2, -0.15) is 0 Å². The number of alkyl carbamates (subject to hydrolysis) is 1. The average Bonchev–Trinajstić information content (AvgIpc) is 2.65. The fourth-order valence-electron chi connectivity index (χ4n) is 2.12. The third-order valence-electron chi connectivity index (χ3n) is 2.92. The fourth-order valence-corrected chi connectivity index (χ4v) is 2.12. The Morgan fingerprint density at radius 1 is 1.24 bits per heavy atom. The lowest BCUT2D eigenvalue weighted by molar-refractivity contribution is -0.124.